The molecule has 1 aliphatic rings. The van der Waals surface area contributed by atoms with Gasteiger partial charge in [0.25, 0.3) is 0 Å². The highest BCUT2D eigenvalue weighted by atomic mass is 35.5. The van der Waals surface area contributed by atoms with Gasteiger partial charge in [-0.3, -0.25) is 4.90 Å². The number of benzene rings is 2. The molecule has 1 aromatic heterocycles. The zero-order chi connectivity index (χ0) is 18.1. The number of phenolic OH excluding ortho intramolecular Hbond substituents is 1. The second kappa shape index (κ2) is 7.36. The van der Waals surface area contributed by atoms with Crippen LogP contribution in [0.4, 0.5) is 0 Å². The molecule has 5 heteroatoms. The van der Waals surface area contributed by atoms with E-state index >= 15 is 0 Å². The Hall–Kier alpha value is -1.94. The number of aryl methyl sites for hydroxylation is 1. The average molecular weight is 387 g/mol. The summed E-state index contributed by atoms with van der Waals surface area (Å²) in [6.07, 6.45) is 3.16. The molecule has 0 saturated carbocycles. The van der Waals surface area contributed by atoms with Crippen LogP contribution in [-0.2, 0) is 13.1 Å². The van der Waals surface area contributed by atoms with E-state index in [1.807, 2.05) is 24.3 Å². The van der Waals surface area contributed by atoms with E-state index < -0.39 is 0 Å². The van der Waals surface area contributed by atoms with Gasteiger partial charge < -0.3 is 9.67 Å². The molecule has 2 heterocycles. The lowest BCUT2D eigenvalue weighted by molar-refractivity contribution is 0.218. The van der Waals surface area contributed by atoms with Gasteiger partial charge in [-0.25, -0.2) is 0 Å². The third-order valence-electron chi connectivity index (χ3n) is 4.97. The fourth-order valence-electron chi connectivity index (χ4n) is 3.76. The predicted octanol–water partition coefficient (Wildman–Crippen LogP) is 5.50. The molecule has 2 aromatic carbocycles. The number of phenols is 1. The van der Waals surface area contributed by atoms with Crippen LogP contribution in [0.25, 0.3) is 0 Å². The molecule has 26 heavy (non-hydrogen) atoms. The SMILES string of the molecule is Oc1ccc(Cl)cc1CN1CCCn2cccc2C1c1ccccc1Cl. The largest absolute Gasteiger partial charge is 0.508 e. The summed E-state index contributed by atoms with van der Waals surface area (Å²) >= 11 is 12.7. The fourth-order valence-corrected chi connectivity index (χ4v) is 4.20. The molecular weight excluding hydrogens is 367 g/mol. The highest BCUT2D eigenvalue weighted by Crippen LogP contribution is 2.37. The zero-order valence-corrected chi connectivity index (χ0v) is 15.8. The van der Waals surface area contributed by atoms with E-state index in [4.69, 9.17) is 23.2 Å². The highest BCUT2D eigenvalue weighted by Gasteiger charge is 2.29. The molecule has 1 atom stereocenters. The standard InChI is InChI=1S/C21H20Cl2N2O/c22-16-8-9-20(26)15(13-16)14-25-12-4-11-24-10-3-7-19(24)21(25)17-5-1-2-6-18(17)23/h1-3,5-10,13,21,26H,4,11-12,14H2. The summed E-state index contributed by atoms with van der Waals surface area (Å²) in [7, 11) is 0. The summed E-state index contributed by atoms with van der Waals surface area (Å²) in [6.45, 7) is 2.48. The van der Waals surface area contributed by atoms with Gasteiger partial charge in [0.2, 0.25) is 0 Å². The highest BCUT2D eigenvalue weighted by molar-refractivity contribution is 6.31. The molecule has 0 spiro atoms. The second-order valence-corrected chi connectivity index (χ2v) is 7.49. The Morgan fingerprint density at radius 3 is 2.69 bits per heavy atom. The van der Waals surface area contributed by atoms with Crippen molar-refractivity contribution in [3.05, 3.63) is 87.7 Å². The number of aromatic nitrogens is 1. The summed E-state index contributed by atoms with van der Waals surface area (Å²) in [4.78, 5) is 2.37. The number of rotatable bonds is 3. The van der Waals surface area contributed by atoms with E-state index in [9.17, 15) is 5.11 Å². The van der Waals surface area contributed by atoms with Crippen molar-refractivity contribution in [3.8, 4) is 5.75 Å². The first-order valence-electron chi connectivity index (χ1n) is 8.74. The summed E-state index contributed by atoms with van der Waals surface area (Å²) in [5, 5.41) is 11.7. The number of halogens is 2. The van der Waals surface area contributed by atoms with E-state index in [2.05, 4.69) is 33.9 Å². The molecule has 0 saturated heterocycles. The molecule has 4 rings (SSSR count). The molecule has 0 aliphatic carbocycles. The lowest BCUT2D eigenvalue weighted by Crippen LogP contribution is -2.29. The smallest absolute Gasteiger partial charge is 0.120 e. The van der Waals surface area contributed by atoms with Crippen LogP contribution >= 0.6 is 23.2 Å². The van der Waals surface area contributed by atoms with Crippen molar-refractivity contribution in [2.45, 2.75) is 25.6 Å². The maximum absolute atomic E-state index is 10.3. The molecule has 134 valence electrons. The quantitative estimate of drug-likeness (QED) is 0.643. The first-order chi connectivity index (χ1) is 12.6. The van der Waals surface area contributed by atoms with E-state index in [1.165, 1.54) is 5.69 Å². The lowest BCUT2D eigenvalue weighted by Gasteiger charge is -2.31. The minimum Gasteiger partial charge on any atom is -0.508 e. The number of hydrogen-bond donors (Lipinski definition) is 1. The van der Waals surface area contributed by atoms with E-state index in [-0.39, 0.29) is 11.8 Å². The van der Waals surface area contributed by atoms with Gasteiger partial charge in [0, 0.05) is 47.1 Å². The van der Waals surface area contributed by atoms with Gasteiger partial charge in [0.1, 0.15) is 5.75 Å². The average Bonchev–Trinajstić information content (AvgIpc) is 3.01. The first kappa shape index (κ1) is 17.5. The van der Waals surface area contributed by atoms with Crippen molar-refractivity contribution in [1.29, 1.82) is 0 Å². The van der Waals surface area contributed by atoms with Gasteiger partial charge in [0.05, 0.1) is 6.04 Å². The molecule has 0 bridgehead atoms. The first-order valence-corrected chi connectivity index (χ1v) is 9.50. The minimum absolute atomic E-state index is 0.0274. The van der Waals surface area contributed by atoms with Crippen molar-refractivity contribution in [2.75, 3.05) is 6.54 Å². The van der Waals surface area contributed by atoms with Crippen molar-refractivity contribution in [1.82, 2.24) is 9.47 Å². The summed E-state index contributed by atoms with van der Waals surface area (Å²) < 4.78 is 2.30. The van der Waals surface area contributed by atoms with Crippen LogP contribution in [0.2, 0.25) is 10.0 Å². The van der Waals surface area contributed by atoms with Crippen molar-refractivity contribution in [2.24, 2.45) is 0 Å². The Balaban J connectivity index is 1.79. The van der Waals surface area contributed by atoms with Crippen molar-refractivity contribution >= 4 is 23.2 Å². The molecule has 0 fully saturated rings. The molecule has 1 N–H and O–H groups in total. The van der Waals surface area contributed by atoms with Crippen LogP contribution in [0.15, 0.2) is 60.8 Å². The molecule has 3 nitrogen and oxygen atoms in total. The molecule has 0 radical (unpaired) electrons. The Labute approximate surface area is 163 Å². The fraction of sp³-hybridized carbons (Fsp3) is 0.238. The number of fused-ring (bicyclic) bond motifs is 1. The molecule has 1 aliphatic heterocycles. The normalized spacial score (nSPS) is 17.7. The Kier molecular flexibility index (Phi) is 4.94. The van der Waals surface area contributed by atoms with Crippen LogP contribution in [-0.4, -0.2) is 21.1 Å². The van der Waals surface area contributed by atoms with Crippen molar-refractivity contribution < 1.29 is 5.11 Å². The predicted molar refractivity (Wildman–Crippen MR) is 106 cm³/mol. The van der Waals surface area contributed by atoms with Gasteiger partial charge in [0.15, 0.2) is 0 Å². The third-order valence-corrected chi connectivity index (χ3v) is 5.55. The summed E-state index contributed by atoms with van der Waals surface area (Å²) in [5.41, 5.74) is 3.13. The summed E-state index contributed by atoms with van der Waals surface area (Å²) in [6, 6.07) is 17.5. The van der Waals surface area contributed by atoms with E-state index in [0.717, 1.165) is 35.7 Å². The van der Waals surface area contributed by atoms with Crippen LogP contribution < -0.4 is 0 Å². The third kappa shape index (κ3) is 3.35. The Morgan fingerprint density at radius 1 is 1.00 bits per heavy atom. The number of hydrogen-bond acceptors (Lipinski definition) is 2. The minimum atomic E-state index is 0.0274. The van der Waals surface area contributed by atoms with E-state index in [0.29, 0.717) is 11.6 Å². The van der Waals surface area contributed by atoms with Crippen LogP contribution in [0, 0.1) is 0 Å². The summed E-state index contributed by atoms with van der Waals surface area (Å²) in [5.74, 6) is 0.270. The molecular formula is C21H20Cl2N2O. The van der Waals surface area contributed by atoms with Crippen LogP contribution in [0.3, 0.4) is 0 Å². The topological polar surface area (TPSA) is 28.4 Å². The van der Waals surface area contributed by atoms with Gasteiger partial charge in [-0.15, -0.1) is 0 Å². The number of nitrogens with zero attached hydrogens (tertiary/aromatic N) is 2. The lowest BCUT2D eigenvalue weighted by atomic mass is 10.0. The van der Waals surface area contributed by atoms with E-state index in [1.54, 1.807) is 12.1 Å². The van der Waals surface area contributed by atoms with Crippen LogP contribution in [0.1, 0.15) is 29.3 Å². The van der Waals surface area contributed by atoms with Gasteiger partial charge in [-0.05, 0) is 48.4 Å². The van der Waals surface area contributed by atoms with Crippen molar-refractivity contribution in [3.63, 3.8) is 0 Å². The molecule has 3 aromatic rings. The van der Waals surface area contributed by atoms with Gasteiger partial charge >= 0.3 is 0 Å². The maximum atomic E-state index is 10.3. The molecule has 1 unspecified atom stereocenters. The second-order valence-electron chi connectivity index (χ2n) is 6.65. The van der Waals surface area contributed by atoms with Gasteiger partial charge in [-0.2, -0.15) is 0 Å². The monoisotopic (exact) mass is 386 g/mol. The Morgan fingerprint density at radius 2 is 1.85 bits per heavy atom. The number of aromatic hydroxyl groups is 1. The Bertz CT molecular complexity index is 922. The van der Waals surface area contributed by atoms with Crippen LogP contribution in [0.5, 0.6) is 5.75 Å². The van der Waals surface area contributed by atoms with Gasteiger partial charge in [-0.1, -0.05) is 41.4 Å². The zero-order valence-electron chi connectivity index (χ0n) is 14.3. The molecule has 0 amide bonds. The maximum Gasteiger partial charge on any atom is 0.120 e.